The first kappa shape index (κ1) is 17.5. The van der Waals surface area contributed by atoms with Gasteiger partial charge in [0, 0.05) is 11.4 Å². The average Bonchev–Trinajstić information content (AvgIpc) is 2.97. The van der Waals surface area contributed by atoms with E-state index < -0.39 is 6.55 Å². The van der Waals surface area contributed by atoms with Crippen molar-refractivity contribution in [1.82, 2.24) is 4.57 Å². The molecule has 0 amide bonds. The van der Waals surface area contributed by atoms with E-state index in [1.165, 1.54) is 6.07 Å². The van der Waals surface area contributed by atoms with Gasteiger partial charge in [-0.15, -0.1) is 0 Å². The summed E-state index contributed by atoms with van der Waals surface area (Å²) in [6.45, 7) is -0.754. The van der Waals surface area contributed by atoms with Gasteiger partial charge in [-0.05, 0) is 42.8 Å². The summed E-state index contributed by atoms with van der Waals surface area (Å²) in [6, 6.07) is 20.3. The molecule has 2 aromatic carbocycles. The zero-order chi connectivity index (χ0) is 18.5. The first-order chi connectivity index (χ1) is 12.6. The third-order valence-corrected chi connectivity index (χ3v) is 3.91. The van der Waals surface area contributed by atoms with Crippen LogP contribution in [-0.4, -0.2) is 4.57 Å². The minimum Gasteiger partial charge on any atom is -0.489 e. The summed E-state index contributed by atoms with van der Waals surface area (Å²) < 4.78 is 32.6. The quantitative estimate of drug-likeness (QED) is 0.647. The third kappa shape index (κ3) is 3.83. The minimum absolute atomic E-state index is 0.0955. The normalized spacial score (nSPS) is 10.6. The van der Waals surface area contributed by atoms with E-state index in [0.717, 1.165) is 5.56 Å². The largest absolute Gasteiger partial charge is 0.489 e. The van der Waals surface area contributed by atoms with Crippen LogP contribution in [0.5, 0.6) is 5.75 Å². The number of hydrogen-bond donors (Lipinski definition) is 1. The highest BCUT2D eigenvalue weighted by Gasteiger charge is 2.18. The number of hydrogen-bond acceptors (Lipinski definition) is 3. The lowest BCUT2D eigenvalue weighted by atomic mass is 10.2. The molecular formula is C20H17F2N3O. The predicted molar refractivity (Wildman–Crippen MR) is 95.6 cm³/mol. The fourth-order valence-corrected chi connectivity index (χ4v) is 2.64. The molecule has 3 aromatic rings. The van der Waals surface area contributed by atoms with Gasteiger partial charge in [0.25, 0.3) is 0 Å². The molecule has 4 nitrogen and oxygen atoms in total. The number of ether oxygens (including phenoxy) is 1. The standard InChI is InChI=1S/C20H17F2N3O/c1-14-11-18(19(12-23)25(14)20(21)22)24-16-7-9-17(10-8-16)26-13-15-5-3-2-4-6-15/h2-11,20,24H,13H2,1H3. The number of nitrogens with one attached hydrogen (secondary N) is 1. The van der Waals surface area contributed by atoms with Crippen molar-refractivity contribution < 1.29 is 13.5 Å². The first-order valence-electron chi connectivity index (χ1n) is 8.02. The second kappa shape index (κ2) is 7.70. The molecular weight excluding hydrogens is 336 g/mol. The van der Waals surface area contributed by atoms with Crippen molar-refractivity contribution in [3.05, 3.63) is 77.6 Å². The highest BCUT2D eigenvalue weighted by atomic mass is 19.3. The molecule has 26 heavy (non-hydrogen) atoms. The molecule has 0 aliphatic rings. The third-order valence-electron chi connectivity index (χ3n) is 3.91. The van der Waals surface area contributed by atoms with Crippen LogP contribution in [0.2, 0.25) is 0 Å². The van der Waals surface area contributed by atoms with Crippen LogP contribution in [0.25, 0.3) is 0 Å². The number of nitrogens with zero attached hydrogens (tertiary/aromatic N) is 2. The van der Waals surface area contributed by atoms with Crippen LogP contribution in [0.3, 0.4) is 0 Å². The highest BCUT2D eigenvalue weighted by molar-refractivity contribution is 5.67. The lowest BCUT2D eigenvalue weighted by Gasteiger charge is -2.09. The fourth-order valence-electron chi connectivity index (χ4n) is 2.64. The monoisotopic (exact) mass is 353 g/mol. The minimum atomic E-state index is -2.76. The Hall–Kier alpha value is -3.33. The summed E-state index contributed by atoms with van der Waals surface area (Å²) in [4.78, 5) is 0. The molecule has 0 aliphatic carbocycles. The van der Waals surface area contributed by atoms with Crippen molar-refractivity contribution in [3.63, 3.8) is 0 Å². The molecule has 0 bridgehead atoms. The molecule has 1 heterocycles. The van der Waals surface area contributed by atoms with E-state index >= 15 is 0 Å². The molecule has 3 rings (SSSR count). The molecule has 0 saturated carbocycles. The number of anilines is 2. The van der Waals surface area contributed by atoms with Crippen molar-refractivity contribution in [2.24, 2.45) is 0 Å². The van der Waals surface area contributed by atoms with Crippen LogP contribution in [0.15, 0.2) is 60.7 Å². The summed E-state index contributed by atoms with van der Waals surface area (Å²) in [6.07, 6.45) is 0. The van der Waals surface area contributed by atoms with Crippen molar-refractivity contribution in [2.45, 2.75) is 20.1 Å². The molecule has 132 valence electrons. The van der Waals surface area contributed by atoms with Gasteiger partial charge in [0.05, 0.1) is 5.69 Å². The molecule has 0 radical (unpaired) electrons. The summed E-state index contributed by atoms with van der Waals surface area (Å²) in [7, 11) is 0. The van der Waals surface area contributed by atoms with Crippen molar-refractivity contribution >= 4 is 11.4 Å². The van der Waals surface area contributed by atoms with Crippen LogP contribution in [0, 0.1) is 18.3 Å². The van der Waals surface area contributed by atoms with Crippen LogP contribution in [-0.2, 0) is 6.61 Å². The van der Waals surface area contributed by atoms with E-state index in [0.29, 0.717) is 34.0 Å². The molecule has 0 saturated heterocycles. The Morgan fingerprint density at radius 2 is 1.81 bits per heavy atom. The Labute approximate surface area is 150 Å². The first-order valence-corrected chi connectivity index (χ1v) is 8.02. The Morgan fingerprint density at radius 3 is 2.42 bits per heavy atom. The number of benzene rings is 2. The second-order valence-corrected chi connectivity index (χ2v) is 5.73. The molecule has 0 fully saturated rings. The molecule has 0 aliphatic heterocycles. The van der Waals surface area contributed by atoms with E-state index in [1.807, 2.05) is 36.4 Å². The van der Waals surface area contributed by atoms with Crippen molar-refractivity contribution in [2.75, 3.05) is 5.32 Å². The Kier molecular flexibility index (Phi) is 5.18. The fraction of sp³-hybridized carbons (Fsp3) is 0.150. The van der Waals surface area contributed by atoms with Gasteiger partial charge >= 0.3 is 6.55 Å². The zero-order valence-electron chi connectivity index (χ0n) is 14.1. The van der Waals surface area contributed by atoms with Gasteiger partial charge in [0.15, 0.2) is 0 Å². The summed E-state index contributed by atoms with van der Waals surface area (Å²) in [5.74, 6) is 0.696. The SMILES string of the molecule is Cc1cc(Nc2ccc(OCc3ccccc3)cc2)c(C#N)n1C(F)F. The van der Waals surface area contributed by atoms with Crippen LogP contribution in [0.4, 0.5) is 20.2 Å². The van der Waals surface area contributed by atoms with Crippen LogP contribution in [0.1, 0.15) is 23.5 Å². The topological polar surface area (TPSA) is 50.0 Å². The van der Waals surface area contributed by atoms with Gasteiger partial charge < -0.3 is 10.1 Å². The number of aromatic nitrogens is 1. The van der Waals surface area contributed by atoms with E-state index in [9.17, 15) is 14.0 Å². The number of rotatable bonds is 6. The molecule has 0 unspecified atom stereocenters. The predicted octanol–water partition coefficient (Wildman–Crippen LogP) is 5.39. The summed E-state index contributed by atoms with van der Waals surface area (Å²) >= 11 is 0. The van der Waals surface area contributed by atoms with Crippen molar-refractivity contribution in [3.8, 4) is 11.8 Å². The van der Waals surface area contributed by atoms with E-state index in [4.69, 9.17) is 4.74 Å². The van der Waals surface area contributed by atoms with Gasteiger partial charge in [-0.2, -0.15) is 14.0 Å². The lowest BCUT2D eigenvalue weighted by Crippen LogP contribution is -2.03. The van der Waals surface area contributed by atoms with Gasteiger partial charge in [-0.1, -0.05) is 30.3 Å². The maximum atomic E-state index is 13.1. The van der Waals surface area contributed by atoms with Crippen LogP contribution >= 0.6 is 0 Å². The van der Waals surface area contributed by atoms with Gasteiger partial charge in [0.1, 0.15) is 24.1 Å². The van der Waals surface area contributed by atoms with E-state index in [-0.39, 0.29) is 5.69 Å². The van der Waals surface area contributed by atoms with Crippen LogP contribution < -0.4 is 10.1 Å². The van der Waals surface area contributed by atoms with E-state index in [1.54, 1.807) is 31.2 Å². The molecule has 1 aromatic heterocycles. The molecule has 1 N–H and O–H groups in total. The summed E-state index contributed by atoms with van der Waals surface area (Å²) in [5.41, 5.74) is 2.32. The Morgan fingerprint density at radius 1 is 1.12 bits per heavy atom. The lowest BCUT2D eigenvalue weighted by molar-refractivity contribution is 0.0679. The molecule has 6 heteroatoms. The van der Waals surface area contributed by atoms with Crippen molar-refractivity contribution in [1.29, 1.82) is 5.26 Å². The molecule has 0 spiro atoms. The molecule has 0 atom stereocenters. The zero-order valence-corrected chi connectivity index (χ0v) is 14.1. The number of aryl methyl sites for hydroxylation is 1. The van der Waals surface area contributed by atoms with Gasteiger partial charge in [0.2, 0.25) is 0 Å². The number of nitriles is 1. The maximum absolute atomic E-state index is 13.1. The Bertz CT molecular complexity index is 913. The maximum Gasteiger partial charge on any atom is 0.319 e. The van der Waals surface area contributed by atoms with Gasteiger partial charge in [-0.3, -0.25) is 4.57 Å². The Balaban J connectivity index is 1.70. The second-order valence-electron chi connectivity index (χ2n) is 5.73. The van der Waals surface area contributed by atoms with Gasteiger partial charge in [-0.25, -0.2) is 0 Å². The highest BCUT2D eigenvalue weighted by Crippen LogP contribution is 2.29. The average molecular weight is 353 g/mol. The number of halogens is 2. The number of alkyl halides is 2. The smallest absolute Gasteiger partial charge is 0.319 e. The van der Waals surface area contributed by atoms with E-state index in [2.05, 4.69) is 5.32 Å². The summed E-state index contributed by atoms with van der Waals surface area (Å²) in [5, 5.41) is 12.2.